The number of halogens is 1. The van der Waals surface area contributed by atoms with Gasteiger partial charge in [0.1, 0.15) is 11.4 Å². The fraction of sp³-hybridized carbons (Fsp3) is 0.462. The normalized spacial score (nSPS) is 13.5. The number of nitro benzene ring substituents is 1. The second kappa shape index (κ2) is 7.09. The first-order valence-electron chi connectivity index (χ1n) is 6.20. The maximum atomic E-state index is 13.1. The van der Waals surface area contributed by atoms with Crippen molar-refractivity contribution in [1.82, 2.24) is 5.32 Å². The first-order chi connectivity index (χ1) is 9.76. The van der Waals surface area contributed by atoms with E-state index < -0.39 is 27.9 Å². The molecule has 0 bridgehead atoms. The van der Waals surface area contributed by atoms with E-state index in [1.165, 1.54) is 14.0 Å². The zero-order valence-corrected chi connectivity index (χ0v) is 11.8. The summed E-state index contributed by atoms with van der Waals surface area (Å²) in [4.78, 5) is 22.0. The van der Waals surface area contributed by atoms with Crippen molar-refractivity contribution in [2.24, 2.45) is 0 Å². The molecule has 1 unspecified atom stereocenters. The standard InChI is InChI=1S/C13H17FN2O5/c1-13(18,5-6-21-2)8-15-12(17)10-7-9(14)3-4-11(10)16(19)20/h3-4,7,18H,5-6,8H2,1-2H3,(H,15,17). The highest BCUT2D eigenvalue weighted by atomic mass is 19.1. The number of nitro groups is 1. The van der Waals surface area contributed by atoms with E-state index in [0.717, 1.165) is 18.2 Å². The molecule has 8 heteroatoms. The molecular formula is C13H17FN2O5. The molecule has 0 fully saturated rings. The Labute approximate surface area is 120 Å². The summed E-state index contributed by atoms with van der Waals surface area (Å²) in [7, 11) is 1.48. The number of aliphatic hydroxyl groups is 1. The molecule has 116 valence electrons. The minimum atomic E-state index is -1.23. The van der Waals surface area contributed by atoms with E-state index in [1.807, 2.05) is 0 Å². The summed E-state index contributed by atoms with van der Waals surface area (Å²) >= 11 is 0. The van der Waals surface area contributed by atoms with Gasteiger partial charge < -0.3 is 15.2 Å². The van der Waals surface area contributed by atoms with Crippen molar-refractivity contribution >= 4 is 11.6 Å². The number of benzene rings is 1. The molecule has 21 heavy (non-hydrogen) atoms. The number of nitrogens with one attached hydrogen (secondary N) is 1. The molecule has 0 saturated carbocycles. The van der Waals surface area contributed by atoms with Gasteiger partial charge in [-0.2, -0.15) is 0 Å². The molecule has 0 heterocycles. The lowest BCUT2D eigenvalue weighted by Crippen LogP contribution is -2.41. The monoisotopic (exact) mass is 300 g/mol. The van der Waals surface area contributed by atoms with Crippen molar-refractivity contribution in [1.29, 1.82) is 0 Å². The van der Waals surface area contributed by atoms with Gasteiger partial charge in [-0.05, 0) is 19.1 Å². The summed E-state index contributed by atoms with van der Waals surface area (Å²) in [5, 5.41) is 23.1. The van der Waals surface area contributed by atoms with E-state index in [9.17, 15) is 24.4 Å². The fourth-order valence-electron chi connectivity index (χ4n) is 1.63. The van der Waals surface area contributed by atoms with Gasteiger partial charge in [0.15, 0.2) is 0 Å². The fourth-order valence-corrected chi connectivity index (χ4v) is 1.63. The summed E-state index contributed by atoms with van der Waals surface area (Å²) in [6.07, 6.45) is 0.273. The Morgan fingerprint density at radius 2 is 2.24 bits per heavy atom. The number of rotatable bonds is 7. The van der Waals surface area contributed by atoms with Crippen LogP contribution in [0.1, 0.15) is 23.7 Å². The number of hydrogen-bond acceptors (Lipinski definition) is 5. The Hall–Kier alpha value is -2.06. The average molecular weight is 300 g/mol. The van der Waals surface area contributed by atoms with Gasteiger partial charge in [-0.1, -0.05) is 0 Å². The molecule has 7 nitrogen and oxygen atoms in total. The second-order valence-electron chi connectivity index (χ2n) is 4.84. The average Bonchev–Trinajstić information content (AvgIpc) is 2.42. The minimum Gasteiger partial charge on any atom is -0.388 e. The second-order valence-corrected chi connectivity index (χ2v) is 4.84. The molecule has 2 N–H and O–H groups in total. The van der Waals surface area contributed by atoms with Crippen LogP contribution in [-0.4, -0.2) is 41.8 Å². The number of amides is 1. The van der Waals surface area contributed by atoms with Crippen molar-refractivity contribution in [3.05, 3.63) is 39.7 Å². The predicted octanol–water partition coefficient (Wildman–Crippen LogP) is 1.25. The lowest BCUT2D eigenvalue weighted by Gasteiger charge is -2.23. The summed E-state index contributed by atoms with van der Waals surface area (Å²) < 4.78 is 18.0. The molecule has 1 aromatic rings. The third kappa shape index (κ3) is 5.09. The lowest BCUT2D eigenvalue weighted by atomic mass is 10.0. The summed E-state index contributed by atoms with van der Waals surface area (Å²) in [6.45, 7) is 1.65. The van der Waals surface area contributed by atoms with Gasteiger partial charge in [0.2, 0.25) is 0 Å². The van der Waals surface area contributed by atoms with Crippen molar-refractivity contribution < 1.29 is 24.0 Å². The number of hydrogen-bond donors (Lipinski definition) is 2. The Morgan fingerprint density at radius 3 is 2.81 bits per heavy atom. The van der Waals surface area contributed by atoms with Gasteiger partial charge in [-0.3, -0.25) is 14.9 Å². The molecule has 0 aliphatic heterocycles. The van der Waals surface area contributed by atoms with Crippen LogP contribution in [0.15, 0.2) is 18.2 Å². The van der Waals surface area contributed by atoms with Gasteiger partial charge in [0.25, 0.3) is 11.6 Å². The molecule has 1 aromatic carbocycles. The molecule has 0 aliphatic rings. The number of ether oxygens (including phenoxy) is 1. The predicted molar refractivity (Wildman–Crippen MR) is 72.5 cm³/mol. The van der Waals surface area contributed by atoms with Gasteiger partial charge in [-0.15, -0.1) is 0 Å². The van der Waals surface area contributed by atoms with Crippen LogP contribution in [0, 0.1) is 15.9 Å². The van der Waals surface area contributed by atoms with Crippen LogP contribution in [0.4, 0.5) is 10.1 Å². The van der Waals surface area contributed by atoms with Crippen molar-refractivity contribution in [3.8, 4) is 0 Å². The number of methoxy groups -OCH3 is 1. The van der Waals surface area contributed by atoms with E-state index in [-0.39, 0.29) is 18.5 Å². The van der Waals surface area contributed by atoms with Crippen molar-refractivity contribution in [3.63, 3.8) is 0 Å². The Balaban J connectivity index is 2.80. The maximum Gasteiger partial charge on any atom is 0.282 e. The van der Waals surface area contributed by atoms with Crippen LogP contribution in [0.2, 0.25) is 0 Å². The van der Waals surface area contributed by atoms with E-state index in [1.54, 1.807) is 0 Å². The molecule has 0 radical (unpaired) electrons. The SMILES string of the molecule is COCCC(C)(O)CNC(=O)c1cc(F)ccc1[N+](=O)[O-]. The quantitative estimate of drug-likeness (QED) is 0.583. The van der Waals surface area contributed by atoms with Crippen LogP contribution in [0.5, 0.6) is 0 Å². The van der Waals surface area contributed by atoms with E-state index in [4.69, 9.17) is 4.74 Å². The van der Waals surface area contributed by atoms with Crippen LogP contribution in [0.25, 0.3) is 0 Å². The highest BCUT2D eigenvalue weighted by molar-refractivity contribution is 5.98. The van der Waals surface area contributed by atoms with Crippen molar-refractivity contribution in [2.75, 3.05) is 20.3 Å². The Kier molecular flexibility index (Phi) is 5.74. The van der Waals surface area contributed by atoms with Crippen molar-refractivity contribution in [2.45, 2.75) is 18.9 Å². The number of nitrogens with zero attached hydrogens (tertiary/aromatic N) is 1. The summed E-state index contributed by atoms with van der Waals surface area (Å²) in [6, 6.07) is 2.62. The maximum absolute atomic E-state index is 13.1. The summed E-state index contributed by atoms with van der Waals surface area (Å²) in [5.74, 6) is -1.57. The minimum absolute atomic E-state index is 0.136. The molecule has 0 aromatic heterocycles. The molecule has 1 amide bonds. The number of carbonyl (C=O) groups excluding carboxylic acids is 1. The van der Waals surface area contributed by atoms with Crippen LogP contribution < -0.4 is 5.32 Å². The molecule has 0 saturated heterocycles. The van der Waals surface area contributed by atoms with E-state index in [0.29, 0.717) is 6.61 Å². The van der Waals surface area contributed by atoms with E-state index >= 15 is 0 Å². The molecule has 1 rings (SSSR count). The van der Waals surface area contributed by atoms with E-state index in [2.05, 4.69) is 5.32 Å². The third-order valence-electron chi connectivity index (χ3n) is 2.87. The van der Waals surface area contributed by atoms with Crippen LogP contribution >= 0.6 is 0 Å². The topological polar surface area (TPSA) is 102 Å². The van der Waals surface area contributed by atoms with Gasteiger partial charge in [0.05, 0.1) is 10.5 Å². The highest BCUT2D eigenvalue weighted by Gasteiger charge is 2.25. The zero-order chi connectivity index (χ0) is 16.0. The first kappa shape index (κ1) is 17.0. The molecule has 0 aliphatic carbocycles. The van der Waals surface area contributed by atoms with Crippen LogP contribution in [-0.2, 0) is 4.74 Å². The van der Waals surface area contributed by atoms with Gasteiger partial charge in [-0.25, -0.2) is 4.39 Å². The number of carbonyl (C=O) groups is 1. The Bertz CT molecular complexity index is 533. The summed E-state index contributed by atoms with van der Waals surface area (Å²) in [5.41, 5.74) is -2.11. The largest absolute Gasteiger partial charge is 0.388 e. The Morgan fingerprint density at radius 1 is 1.57 bits per heavy atom. The molecule has 1 atom stereocenters. The van der Waals surface area contributed by atoms with Gasteiger partial charge >= 0.3 is 0 Å². The zero-order valence-electron chi connectivity index (χ0n) is 11.8. The smallest absolute Gasteiger partial charge is 0.282 e. The van der Waals surface area contributed by atoms with Crippen LogP contribution in [0.3, 0.4) is 0 Å². The highest BCUT2D eigenvalue weighted by Crippen LogP contribution is 2.19. The van der Waals surface area contributed by atoms with Gasteiger partial charge in [0, 0.05) is 32.7 Å². The molecule has 0 spiro atoms. The first-order valence-corrected chi connectivity index (χ1v) is 6.20. The lowest BCUT2D eigenvalue weighted by molar-refractivity contribution is -0.385. The third-order valence-corrected chi connectivity index (χ3v) is 2.87. The molecular weight excluding hydrogens is 283 g/mol.